The molecule has 1 aromatic carbocycles. The minimum absolute atomic E-state index is 0.0702. The summed E-state index contributed by atoms with van der Waals surface area (Å²) >= 11 is 3.43. The lowest BCUT2D eigenvalue weighted by Crippen LogP contribution is -2.43. The fraction of sp³-hybridized carbons (Fsp3) is 0.533. The molecule has 2 atom stereocenters. The molecule has 0 radical (unpaired) electrons. The lowest BCUT2D eigenvalue weighted by atomic mass is 10.0. The second kappa shape index (κ2) is 7.89. The summed E-state index contributed by atoms with van der Waals surface area (Å²) in [5.74, 6) is 0.0702. The van der Waals surface area contributed by atoms with E-state index in [-0.39, 0.29) is 18.0 Å². The molecule has 116 valence electrons. The SMILES string of the molecule is CN(C)CCCNC(=O)C1CC(c2ccc(Br)cc2)NN1. The van der Waals surface area contributed by atoms with E-state index in [0.717, 1.165) is 30.4 Å². The Morgan fingerprint density at radius 2 is 2.05 bits per heavy atom. The van der Waals surface area contributed by atoms with Crippen LogP contribution in [0.2, 0.25) is 0 Å². The number of carbonyl (C=O) groups excluding carboxylic acids is 1. The van der Waals surface area contributed by atoms with Crippen LogP contribution in [0.1, 0.15) is 24.4 Å². The van der Waals surface area contributed by atoms with Crippen LogP contribution >= 0.6 is 15.9 Å². The van der Waals surface area contributed by atoms with Crippen LogP contribution in [0.5, 0.6) is 0 Å². The van der Waals surface area contributed by atoms with Crippen molar-refractivity contribution in [2.75, 3.05) is 27.2 Å². The first-order chi connectivity index (χ1) is 10.1. The van der Waals surface area contributed by atoms with Gasteiger partial charge in [0.05, 0.1) is 0 Å². The van der Waals surface area contributed by atoms with E-state index in [1.165, 1.54) is 5.56 Å². The van der Waals surface area contributed by atoms with E-state index in [4.69, 9.17) is 0 Å². The smallest absolute Gasteiger partial charge is 0.238 e. The van der Waals surface area contributed by atoms with Crippen molar-refractivity contribution in [3.63, 3.8) is 0 Å². The van der Waals surface area contributed by atoms with E-state index in [0.29, 0.717) is 0 Å². The average Bonchev–Trinajstić information content (AvgIpc) is 2.94. The molecule has 3 N–H and O–H groups in total. The second-order valence-electron chi connectivity index (χ2n) is 5.63. The van der Waals surface area contributed by atoms with Crippen molar-refractivity contribution in [3.05, 3.63) is 34.3 Å². The number of halogens is 1. The van der Waals surface area contributed by atoms with Crippen LogP contribution in [0.25, 0.3) is 0 Å². The summed E-state index contributed by atoms with van der Waals surface area (Å²) in [5.41, 5.74) is 7.47. The number of rotatable bonds is 6. The van der Waals surface area contributed by atoms with Crippen LogP contribution in [0, 0.1) is 0 Å². The van der Waals surface area contributed by atoms with Crippen molar-refractivity contribution in [2.24, 2.45) is 0 Å². The number of nitrogens with one attached hydrogen (secondary N) is 3. The van der Waals surface area contributed by atoms with Gasteiger partial charge in [-0.05, 0) is 51.2 Å². The number of carbonyl (C=O) groups is 1. The zero-order chi connectivity index (χ0) is 15.2. The standard InChI is InChI=1S/C15H23BrN4O/c1-20(2)9-3-8-17-15(21)14-10-13(18-19-14)11-4-6-12(16)7-5-11/h4-7,13-14,18-19H,3,8-10H2,1-2H3,(H,17,21). The van der Waals surface area contributed by atoms with Gasteiger partial charge in [-0.15, -0.1) is 0 Å². The predicted octanol–water partition coefficient (Wildman–Crippen LogP) is 1.42. The summed E-state index contributed by atoms with van der Waals surface area (Å²) in [6.07, 6.45) is 1.73. The molecule has 0 aromatic heterocycles. The highest BCUT2D eigenvalue weighted by molar-refractivity contribution is 9.10. The highest BCUT2D eigenvalue weighted by Crippen LogP contribution is 2.23. The summed E-state index contributed by atoms with van der Waals surface area (Å²) in [7, 11) is 4.07. The molecule has 1 amide bonds. The van der Waals surface area contributed by atoms with Gasteiger partial charge in [-0.1, -0.05) is 28.1 Å². The maximum atomic E-state index is 12.1. The number of hydrogen-bond donors (Lipinski definition) is 3. The maximum Gasteiger partial charge on any atom is 0.238 e. The van der Waals surface area contributed by atoms with E-state index in [2.05, 4.69) is 49.1 Å². The zero-order valence-electron chi connectivity index (χ0n) is 12.5. The molecule has 1 fully saturated rings. The normalized spacial score (nSPS) is 21.7. The maximum absolute atomic E-state index is 12.1. The molecule has 5 nitrogen and oxygen atoms in total. The molecule has 1 aromatic rings. The average molecular weight is 355 g/mol. The summed E-state index contributed by atoms with van der Waals surface area (Å²) in [5, 5.41) is 2.99. The molecule has 0 aliphatic carbocycles. The number of amides is 1. The van der Waals surface area contributed by atoms with E-state index in [1.54, 1.807) is 0 Å². The molecule has 2 rings (SSSR count). The second-order valence-corrected chi connectivity index (χ2v) is 6.54. The number of hydrogen-bond acceptors (Lipinski definition) is 4. The van der Waals surface area contributed by atoms with Gasteiger partial charge >= 0.3 is 0 Å². The molecule has 0 spiro atoms. The predicted molar refractivity (Wildman–Crippen MR) is 87.7 cm³/mol. The van der Waals surface area contributed by atoms with Gasteiger partial charge in [0.25, 0.3) is 0 Å². The topological polar surface area (TPSA) is 56.4 Å². The van der Waals surface area contributed by atoms with Crippen molar-refractivity contribution in [1.29, 1.82) is 0 Å². The Bertz CT molecular complexity index is 463. The van der Waals surface area contributed by atoms with Gasteiger partial charge in [0.15, 0.2) is 0 Å². The van der Waals surface area contributed by atoms with Crippen LogP contribution in [-0.2, 0) is 4.79 Å². The van der Waals surface area contributed by atoms with E-state index >= 15 is 0 Å². The molecular weight excluding hydrogens is 332 g/mol. The van der Waals surface area contributed by atoms with Gasteiger partial charge in [0.1, 0.15) is 6.04 Å². The zero-order valence-corrected chi connectivity index (χ0v) is 14.1. The highest BCUT2D eigenvalue weighted by atomic mass is 79.9. The molecule has 1 saturated heterocycles. The third-order valence-corrected chi connectivity index (χ3v) is 4.10. The molecule has 2 unspecified atom stereocenters. The van der Waals surface area contributed by atoms with Crippen LogP contribution in [0.3, 0.4) is 0 Å². The first-order valence-electron chi connectivity index (χ1n) is 7.25. The van der Waals surface area contributed by atoms with Gasteiger partial charge in [-0.2, -0.15) is 0 Å². The first kappa shape index (κ1) is 16.4. The quantitative estimate of drug-likeness (QED) is 0.676. The van der Waals surface area contributed by atoms with Gasteiger partial charge in [-0.3, -0.25) is 4.79 Å². The molecule has 21 heavy (non-hydrogen) atoms. The number of nitrogens with zero attached hydrogens (tertiary/aromatic N) is 1. The van der Waals surface area contributed by atoms with Crippen molar-refractivity contribution < 1.29 is 4.79 Å². The molecule has 6 heteroatoms. The van der Waals surface area contributed by atoms with Crippen molar-refractivity contribution >= 4 is 21.8 Å². The van der Waals surface area contributed by atoms with Crippen LogP contribution < -0.4 is 16.2 Å². The monoisotopic (exact) mass is 354 g/mol. The first-order valence-corrected chi connectivity index (χ1v) is 8.04. The Kier molecular flexibility index (Phi) is 6.17. The summed E-state index contributed by atoms with van der Waals surface area (Å²) in [6.45, 7) is 1.70. The minimum atomic E-state index is -0.169. The molecule has 1 heterocycles. The minimum Gasteiger partial charge on any atom is -0.355 e. The van der Waals surface area contributed by atoms with Crippen LogP contribution in [0.4, 0.5) is 0 Å². The van der Waals surface area contributed by atoms with Gasteiger partial charge in [0.2, 0.25) is 5.91 Å². The molecule has 0 bridgehead atoms. The van der Waals surface area contributed by atoms with Gasteiger partial charge in [-0.25, -0.2) is 10.9 Å². The van der Waals surface area contributed by atoms with Gasteiger partial charge in [0, 0.05) is 17.1 Å². The lowest BCUT2D eigenvalue weighted by molar-refractivity contribution is -0.122. The fourth-order valence-corrected chi connectivity index (χ4v) is 2.64. The van der Waals surface area contributed by atoms with Crippen LogP contribution in [0.15, 0.2) is 28.7 Å². The van der Waals surface area contributed by atoms with E-state index in [9.17, 15) is 4.79 Å². The molecule has 0 saturated carbocycles. The molecular formula is C15H23BrN4O. The van der Waals surface area contributed by atoms with Crippen LogP contribution in [-0.4, -0.2) is 44.0 Å². The Morgan fingerprint density at radius 1 is 1.33 bits per heavy atom. The number of benzene rings is 1. The lowest BCUT2D eigenvalue weighted by Gasteiger charge is -2.12. The van der Waals surface area contributed by atoms with E-state index in [1.807, 2.05) is 26.2 Å². The third kappa shape index (κ3) is 5.07. The summed E-state index contributed by atoms with van der Waals surface area (Å²) in [4.78, 5) is 14.2. The van der Waals surface area contributed by atoms with Gasteiger partial charge < -0.3 is 10.2 Å². The van der Waals surface area contributed by atoms with Crippen molar-refractivity contribution in [3.8, 4) is 0 Å². The van der Waals surface area contributed by atoms with Crippen molar-refractivity contribution in [2.45, 2.75) is 24.9 Å². The fourth-order valence-electron chi connectivity index (χ4n) is 2.37. The van der Waals surface area contributed by atoms with Crippen molar-refractivity contribution in [1.82, 2.24) is 21.1 Å². The van der Waals surface area contributed by atoms with E-state index < -0.39 is 0 Å². The Morgan fingerprint density at radius 3 is 2.71 bits per heavy atom. The Labute approximate surface area is 134 Å². The highest BCUT2D eigenvalue weighted by Gasteiger charge is 2.29. The molecule has 1 aliphatic rings. The molecule has 1 aliphatic heterocycles. The summed E-state index contributed by atoms with van der Waals surface area (Å²) < 4.78 is 1.06. The largest absolute Gasteiger partial charge is 0.355 e. The number of hydrazine groups is 1. The Hall–Kier alpha value is -0.950. The summed E-state index contributed by atoms with van der Waals surface area (Å²) in [6, 6.07) is 8.19. The third-order valence-electron chi connectivity index (χ3n) is 3.57. The Balaban J connectivity index is 1.76.